The van der Waals surface area contributed by atoms with Crippen LogP contribution in [0.2, 0.25) is 0 Å². The second-order valence-corrected chi connectivity index (χ2v) is 5.87. The monoisotopic (exact) mass is 300 g/mol. The standard InChI is InChI=1S/C17H20N2O3/c1-22-14-7-6-13(12-5-4-10-18-16(12)14)19-15(20)11-17(21)8-2-3-9-17/h4-7,10,21H,2-3,8-9,11H2,1H3,(H,19,20). The van der Waals surface area contributed by atoms with Gasteiger partial charge in [0.05, 0.1) is 24.8 Å². The molecule has 0 saturated heterocycles. The summed E-state index contributed by atoms with van der Waals surface area (Å²) in [5.74, 6) is 0.503. The first-order chi connectivity index (χ1) is 10.6. The predicted octanol–water partition coefficient (Wildman–Crippen LogP) is 2.88. The molecule has 1 aromatic carbocycles. The quantitative estimate of drug-likeness (QED) is 0.910. The Morgan fingerprint density at radius 3 is 2.86 bits per heavy atom. The van der Waals surface area contributed by atoms with Crippen LogP contribution in [0, 0.1) is 0 Å². The number of ether oxygens (including phenoxy) is 1. The van der Waals surface area contributed by atoms with Crippen molar-refractivity contribution in [2.75, 3.05) is 12.4 Å². The second kappa shape index (κ2) is 5.93. The molecule has 22 heavy (non-hydrogen) atoms. The van der Waals surface area contributed by atoms with Gasteiger partial charge in [-0.05, 0) is 37.1 Å². The Balaban J connectivity index is 1.83. The van der Waals surface area contributed by atoms with Gasteiger partial charge in [-0.1, -0.05) is 12.8 Å². The molecule has 2 aromatic rings. The molecule has 0 radical (unpaired) electrons. The van der Waals surface area contributed by atoms with E-state index < -0.39 is 5.60 Å². The zero-order valence-corrected chi connectivity index (χ0v) is 12.6. The van der Waals surface area contributed by atoms with Crippen LogP contribution in [0.25, 0.3) is 10.9 Å². The van der Waals surface area contributed by atoms with E-state index in [-0.39, 0.29) is 12.3 Å². The number of aliphatic hydroxyl groups is 1. The topological polar surface area (TPSA) is 71.5 Å². The van der Waals surface area contributed by atoms with E-state index in [1.54, 1.807) is 25.4 Å². The van der Waals surface area contributed by atoms with Crippen molar-refractivity contribution in [3.05, 3.63) is 30.5 Å². The van der Waals surface area contributed by atoms with Gasteiger partial charge >= 0.3 is 0 Å². The minimum absolute atomic E-state index is 0.140. The van der Waals surface area contributed by atoms with E-state index in [1.807, 2.05) is 12.1 Å². The van der Waals surface area contributed by atoms with Crippen LogP contribution >= 0.6 is 0 Å². The van der Waals surface area contributed by atoms with E-state index in [0.29, 0.717) is 29.8 Å². The van der Waals surface area contributed by atoms with Crippen molar-refractivity contribution >= 4 is 22.5 Å². The number of carbonyl (C=O) groups excluding carboxylic acids is 1. The van der Waals surface area contributed by atoms with Gasteiger partial charge in [-0.3, -0.25) is 9.78 Å². The van der Waals surface area contributed by atoms with Gasteiger partial charge < -0.3 is 15.2 Å². The lowest BCUT2D eigenvalue weighted by Crippen LogP contribution is -2.30. The van der Waals surface area contributed by atoms with Crippen LogP contribution in [0.1, 0.15) is 32.1 Å². The molecule has 1 aliphatic rings. The summed E-state index contributed by atoms with van der Waals surface area (Å²) < 4.78 is 5.30. The number of hydrogen-bond acceptors (Lipinski definition) is 4. The average Bonchev–Trinajstić information content (AvgIpc) is 2.93. The maximum Gasteiger partial charge on any atom is 0.227 e. The van der Waals surface area contributed by atoms with Crippen LogP contribution < -0.4 is 10.1 Å². The molecule has 3 rings (SSSR count). The molecule has 1 saturated carbocycles. The Morgan fingerprint density at radius 2 is 2.14 bits per heavy atom. The van der Waals surface area contributed by atoms with E-state index >= 15 is 0 Å². The third-order valence-corrected chi connectivity index (χ3v) is 4.25. The molecule has 116 valence electrons. The Hall–Kier alpha value is -2.14. The second-order valence-electron chi connectivity index (χ2n) is 5.87. The minimum Gasteiger partial charge on any atom is -0.494 e. The third-order valence-electron chi connectivity index (χ3n) is 4.25. The Bertz CT molecular complexity index is 693. The van der Waals surface area contributed by atoms with Gasteiger partial charge in [-0.15, -0.1) is 0 Å². The lowest BCUT2D eigenvalue weighted by Gasteiger charge is -2.21. The zero-order valence-electron chi connectivity index (χ0n) is 12.6. The van der Waals surface area contributed by atoms with Crippen LogP contribution in [-0.4, -0.2) is 28.7 Å². The predicted molar refractivity (Wildman–Crippen MR) is 85.0 cm³/mol. The van der Waals surface area contributed by atoms with Gasteiger partial charge in [-0.25, -0.2) is 0 Å². The van der Waals surface area contributed by atoms with Gasteiger partial charge in [0.1, 0.15) is 11.3 Å². The maximum atomic E-state index is 12.2. The SMILES string of the molecule is COc1ccc(NC(=O)CC2(O)CCCC2)c2cccnc12. The Labute approximate surface area is 129 Å². The molecule has 5 nitrogen and oxygen atoms in total. The summed E-state index contributed by atoms with van der Waals surface area (Å²) in [5.41, 5.74) is 0.558. The van der Waals surface area contributed by atoms with E-state index in [4.69, 9.17) is 4.74 Å². The first-order valence-electron chi connectivity index (χ1n) is 7.55. The van der Waals surface area contributed by atoms with Crippen molar-refractivity contribution in [3.63, 3.8) is 0 Å². The van der Waals surface area contributed by atoms with E-state index in [0.717, 1.165) is 18.2 Å². The summed E-state index contributed by atoms with van der Waals surface area (Å²) >= 11 is 0. The molecular weight excluding hydrogens is 280 g/mol. The molecule has 1 fully saturated rings. The number of amides is 1. The lowest BCUT2D eigenvalue weighted by molar-refractivity contribution is -0.120. The highest BCUT2D eigenvalue weighted by Gasteiger charge is 2.33. The highest BCUT2D eigenvalue weighted by Crippen LogP contribution is 2.34. The van der Waals surface area contributed by atoms with Crippen molar-refractivity contribution in [1.82, 2.24) is 4.98 Å². The average molecular weight is 300 g/mol. The summed E-state index contributed by atoms with van der Waals surface area (Å²) in [6.45, 7) is 0. The number of rotatable bonds is 4. The molecule has 1 heterocycles. The summed E-state index contributed by atoms with van der Waals surface area (Å²) in [6.07, 6.45) is 5.20. The van der Waals surface area contributed by atoms with Crippen LogP contribution in [0.15, 0.2) is 30.5 Å². The summed E-state index contributed by atoms with van der Waals surface area (Å²) in [5, 5.41) is 14.1. The fourth-order valence-electron chi connectivity index (χ4n) is 3.12. The number of anilines is 1. The van der Waals surface area contributed by atoms with E-state index in [2.05, 4.69) is 10.3 Å². The van der Waals surface area contributed by atoms with E-state index in [9.17, 15) is 9.90 Å². The van der Waals surface area contributed by atoms with Crippen LogP contribution in [-0.2, 0) is 4.79 Å². The fourth-order valence-corrected chi connectivity index (χ4v) is 3.12. The van der Waals surface area contributed by atoms with Gasteiger partial charge in [0.25, 0.3) is 0 Å². The van der Waals surface area contributed by atoms with Gasteiger partial charge in [-0.2, -0.15) is 0 Å². The molecule has 0 atom stereocenters. The van der Waals surface area contributed by atoms with Crippen molar-refractivity contribution in [1.29, 1.82) is 0 Å². The first-order valence-corrected chi connectivity index (χ1v) is 7.55. The Morgan fingerprint density at radius 1 is 1.36 bits per heavy atom. The van der Waals surface area contributed by atoms with Gasteiger partial charge in [0.2, 0.25) is 5.91 Å². The lowest BCUT2D eigenvalue weighted by atomic mass is 9.97. The van der Waals surface area contributed by atoms with Gasteiger partial charge in [0.15, 0.2) is 0 Å². The molecule has 1 aliphatic carbocycles. The fraction of sp³-hybridized carbons (Fsp3) is 0.412. The summed E-state index contributed by atoms with van der Waals surface area (Å²) in [6, 6.07) is 7.31. The molecule has 0 aliphatic heterocycles. The van der Waals surface area contributed by atoms with Crippen molar-refractivity contribution in [2.24, 2.45) is 0 Å². The summed E-state index contributed by atoms with van der Waals surface area (Å²) in [7, 11) is 1.59. The molecule has 0 unspecified atom stereocenters. The highest BCUT2D eigenvalue weighted by atomic mass is 16.5. The van der Waals surface area contributed by atoms with Crippen LogP contribution in [0.5, 0.6) is 5.75 Å². The highest BCUT2D eigenvalue weighted by molar-refractivity contribution is 6.03. The number of nitrogens with one attached hydrogen (secondary N) is 1. The number of pyridine rings is 1. The normalized spacial score (nSPS) is 16.6. The number of carbonyl (C=O) groups is 1. The molecule has 1 amide bonds. The van der Waals surface area contributed by atoms with Crippen LogP contribution in [0.4, 0.5) is 5.69 Å². The van der Waals surface area contributed by atoms with Crippen molar-refractivity contribution in [2.45, 2.75) is 37.7 Å². The van der Waals surface area contributed by atoms with E-state index in [1.165, 1.54) is 0 Å². The molecule has 2 N–H and O–H groups in total. The largest absolute Gasteiger partial charge is 0.494 e. The molecule has 1 aromatic heterocycles. The van der Waals surface area contributed by atoms with Crippen molar-refractivity contribution < 1.29 is 14.6 Å². The first kappa shape index (κ1) is 14.8. The number of aromatic nitrogens is 1. The number of fused-ring (bicyclic) bond motifs is 1. The smallest absolute Gasteiger partial charge is 0.227 e. The number of benzene rings is 1. The third kappa shape index (κ3) is 2.90. The van der Waals surface area contributed by atoms with Crippen LogP contribution in [0.3, 0.4) is 0 Å². The summed E-state index contributed by atoms with van der Waals surface area (Å²) in [4.78, 5) is 16.6. The molecule has 0 bridgehead atoms. The molecule has 5 heteroatoms. The maximum absolute atomic E-state index is 12.2. The molecular formula is C17H20N2O3. The van der Waals surface area contributed by atoms with Crippen molar-refractivity contribution in [3.8, 4) is 5.75 Å². The van der Waals surface area contributed by atoms with Gasteiger partial charge in [0, 0.05) is 11.6 Å². The number of hydrogen-bond donors (Lipinski definition) is 2. The number of methoxy groups -OCH3 is 1. The Kier molecular flexibility index (Phi) is 3.98. The minimum atomic E-state index is -0.843. The number of nitrogens with zero attached hydrogens (tertiary/aromatic N) is 1. The molecule has 0 spiro atoms. The zero-order chi connectivity index (χ0) is 15.6.